The van der Waals surface area contributed by atoms with Crippen LogP contribution >= 0.6 is 0 Å². The van der Waals surface area contributed by atoms with Crippen LogP contribution in [0.1, 0.15) is 60.9 Å². The highest BCUT2D eigenvalue weighted by molar-refractivity contribution is 6.04. The molecule has 2 aromatic rings. The number of benzene rings is 2. The second-order valence-corrected chi connectivity index (χ2v) is 9.67. The van der Waals surface area contributed by atoms with Gasteiger partial charge in [0.15, 0.2) is 0 Å². The number of esters is 1. The number of hydrogen-bond donors (Lipinski definition) is 0. The maximum Gasteiger partial charge on any atom is 0.323 e. The smallest absolute Gasteiger partial charge is 0.323 e. The lowest BCUT2D eigenvalue weighted by atomic mass is 9.94. The first-order chi connectivity index (χ1) is 17.9. The fraction of sp³-hybridized carbons (Fsp3) is 0.483. The Labute approximate surface area is 219 Å². The number of hydrazone groups is 1. The maximum atomic E-state index is 13.9. The summed E-state index contributed by atoms with van der Waals surface area (Å²) in [5, 5.41) is 6.46. The van der Waals surface area contributed by atoms with E-state index in [0.29, 0.717) is 37.5 Å². The van der Waals surface area contributed by atoms with Crippen LogP contribution in [0, 0.1) is 13.8 Å². The van der Waals surface area contributed by atoms with Gasteiger partial charge in [0.25, 0.3) is 5.91 Å². The molecule has 4 rings (SSSR count). The molecule has 0 aromatic heterocycles. The number of carbonyl (C=O) groups excluding carboxylic acids is 2. The summed E-state index contributed by atoms with van der Waals surface area (Å²) in [6.45, 7) is 7.00. The molecule has 1 amide bonds. The van der Waals surface area contributed by atoms with Crippen LogP contribution in [-0.4, -0.2) is 67.5 Å². The Morgan fingerprint density at radius 2 is 1.86 bits per heavy atom. The van der Waals surface area contributed by atoms with Gasteiger partial charge in [-0.3, -0.25) is 14.5 Å². The Bertz CT molecular complexity index is 1180. The Kier molecular flexibility index (Phi) is 8.48. The van der Waals surface area contributed by atoms with Crippen LogP contribution in [-0.2, 0) is 14.3 Å². The molecule has 2 heterocycles. The van der Waals surface area contributed by atoms with Crippen molar-refractivity contribution in [1.29, 1.82) is 0 Å². The van der Waals surface area contributed by atoms with E-state index in [9.17, 15) is 9.59 Å². The molecule has 0 spiro atoms. The molecule has 8 nitrogen and oxygen atoms in total. The molecular formula is C29H37N3O5. The van der Waals surface area contributed by atoms with E-state index in [-0.39, 0.29) is 24.5 Å². The summed E-state index contributed by atoms with van der Waals surface area (Å²) < 4.78 is 16.5. The van der Waals surface area contributed by atoms with E-state index in [4.69, 9.17) is 19.3 Å². The minimum absolute atomic E-state index is 0.0931. The summed E-state index contributed by atoms with van der Waals surface area (Å²) in [5.41, 5.74) is 4.96. The minimum atomic E-state index is -0.410. The van der Waals surface area contributed by atoms with Gasteiger partial charge in [-0.1, -0.05) is 24.1 Å². The highest BCUT2D eigenvalue weighted by Crippen LogP contribution is 2.40. The standard InChI is InChI=1S/C29H37N3O5/c1-6-37-29(34)25-9-7-8-14-31(25)18-28(33)32-26(23-16-21(35-4)12-13-27(23)36-5)17-24(30-32)22-15-19(2)10-11-20(22)3/h10-13,15-16,25-26H,6-9,14,17-18H2,1-5H3. The van der Waals surface area contributed by atoms with E-state index in [1.165, 1.54) is 0 Å². The molecule has 2 aromatic carbocycles. The topological polar surface area (TPSA) is 80.7 Å². The highest BCUT2D eigenvalue weighted by Gasteiger charge is 2.38. The highest BCUT2D eigenvalue weighted by atomic mass is 16.5. The third-order valence-electron chi connectivity index (χ3n) is 7.18. The Balaban J connectivity index is 1.70. The number of rotatable bonds is 8. The van der Waals surface area contributed by atoms with Crippen LogP contribution in [0.5, 0.6) is 11.5 Å². The predicted molar refractivity (Wildman–Crippen MR) is 142 cm³/mol. The predicted octanol–water partition coefficient (Wildman–Crippen LogP) is 4.42. The molecule has 0 bridgehead atoms. The van der Waals surface area contributed by atoms with Crippen LogP contribution in [0.2, 0.25) is 0 Å². The lowest BCUT2D eigenvalue weighted by Crippen LogP contribution is -2.49. The van der Waals surface area contributed by atoms with Crippen LogP contribution in [0.15, 0.2) is 41.5 Å². The maximum absolute atomic E-state index is 13.9. The number of carbonyl (C=O) groups is 2. The van der Waals surface area contributed by atoms with E-state index in [1.807, 2.05) is 23.1 Å². The second kappa shape index (κ2) is 11.8. The summed E-state index contributed by atoms with van der Waals surface area (Å²) in [6, 6.07) is 11.1. The summed E-state index contributed by atoms with van der Waals surface area (Å²) in [4.78, 5) is 28.4. The van der Waals surface area contributed by atoms with Crippen molar-refractivity contribution in [3.8, 4) is 11.5 Å². The fourth-order valence-electron chi connectivity index (χ4n) is 5.22. The average Bonchev–Trinajstić information content (AvgIpc) is 3.35. The van der Waals surface area contributed by atoms with Crippen molar-refractivity contribution < 1.29 is 23.8 Å². The average molecular weight is 508 g/mol. The van der Waals surface area contributed by atoms with Gasteiger partial charge in [0, 0.05) is 17.5 Å². The summed E-state index contributed by atoms with van der Waals surface area (Å²) in [7, 11) is 3.24. The molecule has 1 saturated heterocycles. The van der Waals surface area contributed by atoms with E-state index in [2.05, 4.69) is 32.0 Å². The van der Waals surface area contributed by atoms with Crippen LogP contribution < -0.4 is 9.47 Å². The molecule has 198 valence electrons. The number of likely N-dealkylation sites (tertiary alicyclic amines) is 1. The molecule has 2 unspecified atom stereocenters. The zero-order valence-corrected chi connectivity index (χ0v) is 22.5. The first-order valence-electron chi connectivity index (χ1n) is 13.0. The van der Waals surface area contributed by atoms with Gasteiger partial charge >= 0.3 is 5.97 Å². The van der Waals surface area contributed by atoms with Gasteiger partial charge in [-0.2, -0.15) is 5.10 Å². The summed E-state index contributed by atoms with van der Waals surface area (Å²) in [6.07, 6.45) is 3.11. The largest absolute Gasteiger partial charge is 0.497 e. The number of amides is 1. The number of methoxy groups -OCH3 is 2. The zero-order chi connectivity index (χ0) is 26.5. The van der Waals surface area contributed by atoms with Crippen molar-refractivity contribution in [2.45, 2.75) is 58.5 Å². The van der Waals surface area contributed by atoms with Gasteiger partial charge < -0.3 is 14.2 Å². The monoisotopic (exact) mass is 507 g/mol. The Hall–Kier alpha value is -3.39. The van der Waals surface area contributed by atoms with E-state index >= 15 is 0 Å². The lowest BCUT2D eigenvalue weighted by molar-refractivity contribution is -0.152. The molecular weight excluding hydrogens is 470 g/mol. The van der Waals surface area contributed by atoms with Crippen molar-refractivity contribution >= 4 is 17.6 Å². The Morgan fingerprint density at radius 1 is 1.05 bits per heavy atom. The Morgan fingerprint density at radius 3 is 2.59 bits per heavy atom. The number of hydrogen-bond acceptors (Lipinski definition) is 7. The lowest BCUT2D eigenvalue weighted by Gasteiger charge is -2.34. The third-order valence-corrected chi connectivity index (χ3v) is 7.18. The molecule has 1 fully saturated rings. The first kappa shape index (κ1) is 26.7. The second-order valence-electron chi connectivity index (χ2n) is 9.67. The quantitative estimate of drug-likeness (QED) is 0.492. The van der Waals surface area contributed by atoms with E-state index in [1.54, 1.807) is 26.2 Å². The van der Waals surface area contributed by atoms with Crippen molar-refractivity contribution in [3.05, 3.63) is 58.7 Å². The van der Waals surface area contributed by atoms with Crippen molar-refractivity contribution in [2.24, 2.45) is 5.10 Å². The van der Waals surface area contributed by atoms with Gasteiger partial charge in [-0.15, -0.1) is 0 Å². The number of aryl methyl sites for hydroxylation is 2. The molecule has 0 radical (unpaired) electrons. The van der Waals surface area contributed by atoms with Crippen molar-refractivity contribution in [2.75, 3.05) is 33.9 Å². The van der Waals surface area contributed by atoms with Gasteiger partial charge in [0.2, 0.25) is 0 Å². The molecule has 8 heteroatoms. The number of piperidine rings is 1. The summed E-state index contributed by atoms with van der Waals surface area (Å²) in [5.74, 6) is 0.929. The summed E-state index contributed by atoms with van der Waals surface area (Å²) >= 11 is 0. The van der Waals surface area contributed by atoms with Crippen molar-refractivity contribution in [1.82, 2.24) is 9.91 Å². The SMILES string of the molecule is CCOC(=O)C1CCCCN1CC(=O)N1N=C(c2cc(C)ccc2C)CC1c1cc(OC)ccc1OC. The molecule has 2 aliphatic heterocycles. The first-order valence-corrected chi connectivity index (χ1v) is 13.0. The van der Waals surface area contributed by atoms with Gasteiger partial charge in [0.1, 0.15) is 17.5 Å². The number of nitrogens with zero attached hydrogens (tertiary/aromatic N) is 3. The van der Waals surface area contributed by atoms with Gasteiger partial charge in [-0.05, 0) is 70.0 Å². The minimum Gasteiger partial charge on any atom is -0.497 e. The zero-order valence-electron chi connectivity index (χ0n) is 22.5. The molecule has 2 aliphatic rings. The van der Waals surface area contributed by atoms with Crippen LogP contribution in [0.4, 0.5) is 0 Å². The molecule has 0 saturated carbocycles. The third kappa shape index (κ3) is 5.80. The molecule has 2 atom stereocenters. The number of ether oxygens (including phenoxy) is 3. The van der Waals surface area contributed by atoms with Gasteiger partial charge in [-0.25, -0.2) is 5.01 Å². The van der Waals surface area contributed by atoms with E-state index < -0.39 is 6.04 Å². The normalized spacial score (nSPS) is 19.9. The van der Waals surface area contributed by atoms with Crippen LogP contribution in [0.3, 0.4) is 0 Å². The van der Waals surface area contributed by atoms with Gasteiger partial charge in [0.05, 0.1) is 39.1 Å². The molecule has 0 N–H and O–H groups in total. The van der Waals surface area contributed by atoms with Crippen molar-refractivity contribution in [3.63, 3.8) is 0 Å². The molecule has 0 aliphatic carbocycles. The fourth-order valence-corrected chi connectivity index (χ4v) is 5.22. The van der Waals surface area contributed by atoms with E-state index in [0.717, 1.165) is 40.8 Å². The van der Waals surface area contributed by atoms with Crippen LogP contribution in [0.25, 0.3) is 0 Å². The molecule has 37 heavy (non-hydrogen) atoms.